The van der Waals surface area contributed by atoms with Gasteiger partial charge in [-0.2, -0.15) is 0 Å². The summed E-state index contributed by atoms with van der Waals surface area (Å²) in [6.45, 7) is 0.802. The highest BCUT2D eigenvalue weighted by atomic mass is 16.5. The highest BCUT2D eigenvalue weighted by molar-refractivity contribution is 5.63. The van der Waals surface area contributed by atoms with Gasteiger partial charge in [-0.15, -0.1) is 0 Å². The maximum absolute atomic E-state index is 6.83. The lowest BCUT2D eigenvalue weighted by Crippen LogP contribution is -2.59. The van der Waals surface area contributed by atoms with E-state index in [9.17, 15) is 0 Å². The van der Waals surface area contributed by atoms with Gasteiger partial charge in [0.1, 0.15) is 11.4 Å². The first-order valence-corrected chi connectivity index (χ1v) is 10.0. The number of imidazole rings is 1. The Labute approximate surface area is 166 Å². The number of ether oxygens (including phenoxy) is 1. The molecule has 1 atom stereocenters. The molecular weight excluding hydrogens is 352 g/mol. The summed E-state index contributed by atoms with van der Waals surface area (Å²) in [7, 11) is 1.68. The second-order valence-electron chi connectivity index (χ2n) is 7.86. The van der Waals surface area contributed by atoms with Gasteiger partial charge in [-0.1, -0.05) is 12.1 Å². The van der Waals surface area contributed by atoms with Crippen LogP contribution in [0.15, 0.2) is 42.7 Å². The number of fused-ring (bicyclic) bond motifs is 1. The molecule has 1 aromatic heterocycles. The number of benzene rings is 1. The maximum atomic E-state index is 6.83. The molecule has 0 spiro atoms. The van der Waals surface area contributed by atoms with Crippen molar-refractivity contribution in [2.24, 2.45) is 17.4 Å². The normalized spacial score (nSPS) is 26.8. The summed E-state index contributed by atoms with van der Waals surface area (Å²) in [5.41, 5.74) is 18.0. The molecule has 1 aromatic carbocycles. The van der Waals surface area contributed by atoms with Crippen LogP contribution in [0.4, 0.5) is 0 Å². The number of hydrogen-bond donors (Lipinski definition) is 4. The van der Waals surface area contributed by atoms with Crippen LogP contribution in [0.2, 0.25) is 0 Å². The average molecular weight is 383 g/mol. The number of rotatable bonds is 6. The predicted octanol–water partition coefficient (Wildman–Crippen LogP) is 1.79. The second-order valence-corrected chi connectivity index (χ2v) is 7.86. The van der Waals surface area contributed by atoms with E-state index in [4.69, 9.17) is 16.2 Å². The molecule has 7 nitrogen and oxygen atoms in total. The second kappa shape index (κ2) is 7.85. The zero-order valence-electron chi connectivity index (χ0n) is 16.4. The molecule has 2 heterocycles. The smallest absolute Gasteiger partial charge is 0.174 e. The monoisotopic (exact) mass is 382 g/mol. The Morgan fingerprint density at radius 3 is 2.71 bits per heavy atom. The van der Waals surface area contributed by atoms with Gasteiger partial charge in [-0.3, -0.25) is 0 Å². The zero-order chi connectivity index (χ0) is 19.6. The van der Waals surface area contributed by atoms with E-state index >= 15 is 0 Å². The molecule has 0 radical (unpaired) electrons. The van der Waals surface area contributed by atoms with Gasteiger partial charge in [-0.05, 0) is 55.9 Å². The first kappa shape index (κ1) is 18.8. The van der Waals surface area contributed by atoms with Crippen molar-refractivity contribution in [3.8, 4) is 5.75 Å². The summed E-state index contributed by atoms with van der Waals surface area (Å²) >= 11 is 0. The third-order valence-electron chi connectivity index (χ3n) is 5.91. The van der Waals surface area contributed by atoms with Gasteiger partial charge in [0.2, 0.25) is 0 Å². The summed E-state index contributed by atoms with van der Waals surface area (Å²) in [6, 6.07) is 8.47. The SMILES string of the molecule is COc1ccc(CCNC2=CC(N)(C3CCC(N)CC3)Nn3ccnc32)cc1. The van der Waals surface area contributed by atoms with Gasteiger partial charge < -0.3 is 26.9 Å². The lowest BCUT2D eigenvalue weighted by molar-refractivity contribution is 0.238. The van der Waals surface area contributed by atoms with Crippen LogP contribution in [-0.2, 0) is 6.42 Å². The van der Waals surface area contributed by atoms with Crippen molar-refractivity contribution in [2.75, 3.05) is 19.1 Å². The van der Waals surface area contributed by atoms with Gasteiger partial charge >= 0.3 is 0 Å². The maximum Gasteiger partial charge on any atom is 0.174 e. The van der Waals surface area contributed by atoms with E-state index in [-0.39, 0.29) is 0 Å². The van der Waals surface area contributed by atoms with Gasteiger partial charge in [0.05, 0.1) is 12.8 Å². The third-order valence-corrected chi connectivity index (χ3v) is 5.91. The molecule has 1 saturated carbocycles. The molecule has 7 heteroatoms. The van der Waals surface area contributed by atoms with Crippen LogP contribution >= 0.6 is 0 Å². The van der Waals surface area contributed by atoms with E-state index < -0.39 is 5.66 Å². The van der Waals surface area contributed by atoms with Crippen molar-refractivity contribution in [1.82, 2.24) is 15.0 Å². The molecule has 1 aliphatic carbocycles. The van der Waals surface area contributed by atoms with Crippen LogP contribution in [0.5, 0.6) is 5.75 Å². The van der Waals surface area contributed by atoms with Crippen LogP contribution in [0.25, 0.3) is 5.70 Å². The predicted molar refractivity (Wildman–Crippen MR) is 111 cm³/mol. The third kappa shape index (κ3) is 3.86. The van der Waals surface area contributed by atoms with E-state index in [0.29, 0.717) is 12.0 Å². The molecule has 0 amide bonds. The molecule has 1 aliphatic heterocycles. The highest BCUT2D eigenvalue weighted by Crippen LogP contribution is 2.34. The number of aromatic nitrogens is 2. The van der Waals surface area contributed by atoms with Crippen molar-refractivity contribution < 1.29 is 4.74 Å². The van der Waals surface area contributed by atoms with Gasteiger partial charge in [-0.25, -0.2) is 9.66 Å². The van der Waals surface area contributed by atoms with Gasteiger partial charge in [0.25, 0.3) is 0 Å². The fourth-order valence-corrected chi connectivity index (χ4v) is 4.21. The Balaban J connectivity index is 1.46. The van der Waals surface area contributed by atoms with Crippen LogP contribution in [0.1, 0.15) is 37.1 Å². The van der Waals surface area contributed by atoms with Crippen molar-refractivity contribution in [2.45, 2.75) is 43.8 Å². The molecule has 0 bridgehead atoms. The number of hydrogen-bond acceptors (Lipinski definition) is 6. The molecule has 1 fully saturated rings. The lowest BCUT2D eigenvalue weighted by Gasteiger charge is -2.42. The summed E-state index contributed by atoms with van der Waals surface area (Å²) in [5.74, 6) is 2.09. The molecule has 6 N–H and O–H groups in total. The fraction of sp³-hybridized carbons (Fsp3) is 0.476. The van der Waals surface area contributed by atoms with E-state index in [2.05, 4.69) is 33.9 Å². The Morgan fingerprint density at radius 1 is 1.25 bits per heavy atom. The molecular formula is C21H30N6O. The number of nitrogens with two attached hydrogens (primary N) is 2. The van der Waals surface area contributed by atoms with Gasteiger partial charge in [0, 0.05) is 30.9 Å². The summed E-state index contributed by atoms with van der Waals surface area (Å²) in [5, 5.41) is 3.55. The Hall–Kier alpha value is -2.51. The Kier molecular flexibility index (Phi) is 5.28. The highest BCUT2D eigenvalue weighted by Gasteiger charge is 2.39. The van der Waals surface area contributed by atoms with E-state index in [1.807, 2.05) is 23.0 Å². The number of nitrogens with one attached hydrogen (secondary N) is 2. The van der Waals surface area contributed by atoms with Gasteiger partial charge in [0.15, 0.2) is 5.82 Å². The van der Waals surface area contributed by atoms with Crippen molar-refractivity contribution in [3.05, 3.63) is 54.1 Å². The van der Waals surface area contributed by atoms with Crippen LogP contribution in [-0.4, -0.2) is 35.0 Å². The Bertz CT molecular complexity index is 822. The fourth-order valence-electron chi connectivity index (χ4n) is 4.21. The summed E-state index contributed by atoms with van der Waals surface area (Å²) in [6.07, 6.45) is 10.9. The van der Waals surface area contributed by atoms with Crippen molar-refractivity contribution >= 4 is 5.70 Å². The molecule has 0 saturated heterocycles. The zero-order valence-corrected chi connectivity index (χ0v) is 16.4. The largest absolute Gasteiger partial charge is 0.497 e. The van der Waals surface area contributed by atoms with Crippen molar-refractivity contribution in [1.29, 1.82) is 0 Å². The molecule has 1 unspecified atom stereocenters. The minimum Gasteiger partial charge on any atom is -0.497 e. The summed E-state index contributed by atoms with van der Waals surface area (Å²) in [4.78, 5) is 4.49. The number of nitrogens with zero attached hydrogens (tertiary/aromatic N) is 2. The van der Waals surface area contributed by atoms with E-state index in [1.165, 1.54) is 5.56 Å². The summed E-state index contributed by atoms with van der Waals surface area (Å²) < 4.78 is 7.16. The molecule has 2 aliphatic rings. The molecule has 4 rings (SSSR count). The topological polar surface area (TPSA) is 103 Å². The van der Waals surface area contributed by atoms with Crippen molar-refractivity contribution in [3.63, 3.8) is 0 Å². The standard InChI is InChI=1S/C21H30N6O/c1-28-18-8-2-15(3-9-18)10-11-24-19-14-21(23,16-4-6-17(22)7-5-16)26-27-13-12-25-20(19)27/h2-3,8-9,12-14,16-17,24,26H,4-7,10-11,22-23H2,1H3. The lowest BCUT2D eigenvalue weighted by atomic mass is 9.78. The molecule has 150 valence electrons. The first-order chi connectivity index (χ1) is 13.6. The quantitative estimate of drug-likeness (QED) is 0.607. The first-order valence-electron chi connectivity index (χ1n) is 10.0. The van der Waals surface area contributed by atoms with Crippen LogP contribution in [0.3, 0.4) is 0 Å². The minimum atomic E-state index is -0.601. The minimum absolute atomic E-state index is 0.304. The Morgan fingerprint density at radius 2 is 2.00 bits per heavy atom. The average Bonchev–Trinajstić information content (AvgIpc) is 3.17. The van der Waals surface area contributed by atoms with Crippen LogP contribution < -0.4 is 26.9 Å². The van der Waals surface area contributed by atoms with E-state index in [0.717, 1.165) is 55.9 Å². The number of methoxy groups -OCH3 is 1. The molecule has 28 heavy (non-hydrogen) atoms. The van der Waals surface area contributed by atoms with E-state index in [1.54, 1.807) is 13.3 Å². The molecule has 2 aromatic rings. The van der Waals surface area contributed by atoms with Crippen LogP contribution in [0, 0.1) is 5.92 Å².